The quantitative estimate of drug-likeness (QED) is 0.494. The Bertz CT molecular complexity index is 919. The number of carbonyl (C=O) groups excluding carboxylic acids is 1. The number of nitrogens with one attached hydrogen (secondary N) is 1. The number of hydrogen-bond donors (Lipinski definition) is 2. The van der Waals surface area contributed by atoms with E-state index in [1.165, 1.54) is 6.20 Å². The van der Waals surface area contributed by atoms with E-state index in [0.717, 1.165) is 11.3 Å². The molecule has 3 aromatic heterocycles. The standard InChI is InChI=1S/C15H12ClN5O4S/c1-2-24-15(23)25-13-11(22)21-12(26-13)9-5-6-17-14(20-9)19-8-3-4-10(16)18-7-8/h3-7,22H,2H2,1H3,(H,17,19,20). The van der Waals surface area contributed by atoms with Crippen molar-refractivity contribution in [3.63, 3.8) is 0 Å². The Morgan fingerprint density at radius 2 is 2.15 bits per heavy atom. The van der Waals surface area contributed by atoms with Crippen LogP contribution in [0.3, 0.4) is 0 Å². The van der Waals surface area contributed by atoms with Gasteiger partial charge in [0, 0.05) is 6.20 Å². The molecule has 26 heavy (non-hydrogen) atoms. The molecule has 0 aliphatic heterocycles. The van der Waals surface area contributed by atoms with E-state index in [1.54, 1.807) is 31.3 Å². The van der Waals surface area contributed by atoms with E-state index in [-0.39, 0.29) is 11.7 Å². The zero-order valence-corrected chi connectivity index (χ0v) is 14.9. The first-order valence-corrected chi connectivity index (χ1v) is 8.51. The lowest BCUT2D eigenvalue weighted by molar-refractivity contribution is 0.104. The number of aromatic hydroxyl groups is 1. The number of rotatable bonds is 5. The van der Waals surface area contributed by atoms with Crippen LogP contribution in [-0.2, 0) is 4.74 Å². The van der Waals surface area contributed by atoms with Crippen molar-refractivity contribution < 1.29 is 19.4 Å². The Hall–Kier alpha value is -2.98. The van der Waals surface area contributed by atoms with Crippen molar-refractivity contribution in [2.24, 2.45) is 0 Å². The van der Waals surface area contributed by atoms with Gasteiger partial charge in [-0.1, -0.05) is 22.9 Å². The van der Waals surface area contributed by atoms with Crippen molar-refractivity contribution in [3.05, 3.63) is 35.7 Å². The number of nitrogens with zero attached hydrogens (tertiary/aromatic N) is 4. The smallest absolute Gasteiger partial charge is 0.490 e. The van der Waals surface area contributed by atoms with Crippen LogP contribution in [-0.4, -0.2) is 37.8 Å². The number of pyridine rings is 1. The van der Waals surface area contributed by atoms with Gasteiger partial charge in [0.05, 0.1) is 18.5 Å². The molecule has 3 rings (SSSR count). The van der Waals surface area contributed by atoms with Crippen molar-refractivity contribution in [1.82, 2.24) is 19.9 Å². The molecule has 0 fully saturated rings. The second-order valence-electron chi connectivity index (χ2n) is 4.68. The maximum atomic E-state index is 11.4. The van der Waals surface area contributed by atoms with Crippen LogP contribution in [0.15, 0.2) is 30.6 Å². The van der Waals surface area contributed by atoms with E-state index >= 15 is 0 Å². The molecule has 0 atom stereocenters. The minimum Gasteiger partial charge on any atom is -0.490 e. The molecule has 11 heteroatoms. The molecule has 3 aromatic rings. The zero-order chi connectivity index (χ0) is 18.5. The largest absolute Gasteiger partial charge is 0.514 e. The average molecular weight is 394 g/mol. The third kappa shape index (κ3) is 4.35. The van der Waals surface area contributed by atoms with Gasteiger partial charge in [0.15, 0.2) is 0 Å². The van der Waals surface area contributed by atoms with Crippen molar-refractivity contribution in [2.45, 2.75) is 6.92 Å². The summed E-state index contributed by atoms with van der Waals surface area (Å²) in [6.07, 6.45) is 2.15. The molecule has 0 amide bonds. The van der Waals surface area contributed by atoms with Crippen LogP contribution < -0.4 is 10.1 Å². The lowest BCUT2D eigenvalue weighted by atomic mass is 10.4. The van der Waals surface area contributed by atoms with Crippen LogP contribution in [0.1, 0.15) is 6.92 Å². The molecule has 0 aliphatic rings. The molecule has 2 N–H and O–H groups in total. The van der Waals surface area contributed by atoms with Gasteiger partial charge < -0.3 is 19.9 Å². The highest BCUT2D eigenvalue weighted by Gasteiger charge is 2.18. The topological polar surface area (TPSA) is 119 Å². The number of hydrogen-bond acceptors (Lipinski definition) is 10. The summed E-state index contributed by atoms with van der Waals surface area (Å²) in [5.74, 6) is -0.123. The highest BCUT2D eigenvalue weighted by Crippen LogP contribution is 2.37. The summed E-state index contributed by atoms with van der Waals surface area (Å²) in [6, 6.07) is 4.97. The number of anilines is 2. The predicted molar refractivity (Wildman–Crippen MR) is 95.0 cm³/mol. The van der Waals surface area contributed by atoms with E-state index < -0.39 is 12.0 Å². The molecular formula is C15H12ClN5O4S. The summed E-state index contributed by atoms with van der Waals surface area (Å²) in [5.41, 5.74) is 1.09. The van der Waals surface area contributed by atoms with Gasteiger partial charge in [0.25, 0.3) is 10.9 Å². The number of ether oxygens (including phenoxy) is 2. The summed E-state index contributed by atoms with van der Waals surface area (Å²) < 4.78 is 9.56. The van der Waals surface area contributed by atoms with Crippen LogP contribution in [0, 0.1) is 0 Å². The molecule has 0 radical (unpaired) electrons. The molecule has 0 aliphatic carbocycles. The molecule has 134 valence electrons. The van der Waals surface area contributed by atoms with Crippen molar-refractivity contribution in [2.75, 3.05) is 11.9 Å². The van der Waals surface area contributed by atoms with Crippen LogP contribution in [0.25, 0.3) is 10.7 Å². The molecule has 0 spiro atoms. The third-order valence-electron chi connectivity index (χ3n) is 2.88. The first-order valence-electron chi connectivity index (χ1n) is 7.31. The number of halogens is 1. The van der Waals surface area contributed by atoms with E-state index in [1.807, 2.05) is 0 Å². The summed E-state index contributed by atoms with van der Waals surface area (Å²) in [5, 5.41) is 13.5. The Balaban J connectivity index is 1.79. The summed E-state index contributed by atoms with van der Waals surface area (Å²) in [7, 11) is 0. The van der Waals surface area contributed by atoms with E-state index in [2.05, 4.69) is 30.0 Å². The molecule has 0 saturated heterocycles. The Labute approximate surface area is 156 Å². The number of thiazole rings is 1. The Morgan fingerprint density at radius 3 is 2.88 bits per heavy atom. The van der Waals surface area contributed by atoms with Gasteiger partial charge in [-0.3, -0.25) is 0 Å². The van der Waals surface area contributed by atoms with Gasteiger partial charge in [-0.05, 0) is 25.1 Å². The predicted octanol–water partition coefficient (Wildman–Crippen LogP) is 3.63. The van der Waals surface area contributed by atoms with Crippen LogP contribution in [0.2, 0.25) is 5.15 Å². The van der Waals surface area contributed by atoms with Crippen LogP contribution >= 0.6 is 22.9 Å². The summed E-state index contributed by atoms with van der Waals surface area (Å²) in [4.78, 5) is 27.7. The van der Waals surface area contributed by atoms with Crippen molar-refractivity contribution in [1.29, 1.82) is 0 Å². The minimum atomic E-state index is -0.918. The van der Waals surface area contributed by atoms with E-state index in [4.69, 9.17) is 16.3 Å². The number of carbonyl (C=O) groups is 1. The third-order valence-corrected chi connectivity index (χ3v) is 4.04. The number of aromatic nitrogens is 4. The Morgan fingerprint density at radius 1 is 1.31 bits per heavy atom. The van der Waals surface area contributed by atoms with Crippen molar-refractivity contribution >= 4 is 40.7 Å². The van der Waals surface area contributed by atoms with Gasteiger partial charge in [-0.25, -0.2) is 19.7 Å². The van der Waals surface area contributed by atoms with Crippen molar-refractivity contribution in [3.8, 4) is 21.6 Å². The SMILES string of the molecule is CCOC(=O)Oc1sc(-c2ccnc(Nc3ccc(Cl)nc3)n2)nc1O. The molecule has 0 aromatic carbocycles. The fraction of sp³-hybridized carbons (Fsp3) is 0.133. The lowest BCUT2D eigenvalue weighted by Gasteiger charge is -2.04. The molecular weight excluding hydrogens is 382 g/mol. The summed E-state index contributed by atoms with van der Waals surface area (Å²) >= 11 is 6.70. The second-order valence-corrected chi connectivity index (χ2v) is 6.02. The first-order chi connectivity index (χ1) is 12.5. The molecule has 0 saturated carbocycles. The minimum absolute atomic E-state index is 0.0755. The molecule has 0 unspecified atom stereocenters. The monoisotopic (exact) mass is 393 g/mol. The van der Waals surface area contributed by atoms with Crippen LogP contribution in [0.5, 0.6) is 10.9 Å². The van der Waals surface area contributed by atoms with Gasteiger partial charge >= 0.3 is 6.16 Å². The molecule has 9 nitrogen and oxygen atoms in total. The maximum Gasteiger partial charge on any atom is 0.514 e. The summed E-state index contributed by atoms with van der Waals surface area (Å²) in [6.45, 7) is 1.80. The molecule has 0 bridgehead atoms. The second kappa shape index (κ2) is 7.93. The van der Waals surface area contributed by atoms with E-state index in [0.29, 0.717) is 27.5 Å². The maximum absolute atomic E-state index is 11.4. The fourth-order valence-corrected chi connectivity index (χ4v) is 2.70. The fourth-order valence-electron chi connectivity index (χ4n) is 1.81. The van der Waals surface area contributed by atoms with Crippen LogP contribution in [0.4, 0.5) is 16.4 Å². The van der Waals surface area contributed by atoms with Gasteiger partial charge in [0.2, 0.25) is 5.95 Å². The Kier molecular flexibility index (Phi) is 5.44. The molecule has 3 heterocycles. The highest BCUT2D eigenvalue weighted by molar-refractivity contribution is 7.17. The van der Waals surface area contributed by atoms with Gasteiger partial charge in [-0.15, -0.1) is 0 Å². The lowest BCUT2D eigenvalue weighted by Crippen LogP contribution is -2.09. The normalized spacial score (nSPS) is 10.4. The zero-order valence-electron chi connectivity index (χ0n) is 13.3. The van der Waals surface area contributed by atoms with E-state index in [9.17, 15) is 9.90 Å². The first kappa shape index (κ1) is 17.8. The average Bonchev–Trinajstić information content (AvgIpc) is 2.98. The van der Waals surface area contributed by atoms with Gasteiger partial charge in [-0.2, -0.15) is 4.98 Å². The highest BCUT2D eigenvalue weighted by atomic mass is 35.5. The van der Waals surface area contributed by atoms with Gasteiger partial charge in [0.1, 0.15) is 15.9 Å².